The van der Waals surface area contributed by atoms with Gasteiger partial charge in [0.15, 0.2) is 0 Å². The van der Waals surface area contributed by atoms with E-state index in [1.165, 1.54) is 4.90 Å². The number of nitriles is 1. The molecule has 39 heavy (non-hydrogen) atoms. The van der Waals surface area contributed by atoms with Crippen LogP contribution in [0.2, 0.25) is 5.02 Å². The van der Waals surface area contributed by atoms with Crippen LogP contribution in [0.25, 0.3) is 0 Å². The maximum atomic E-state index is 15.1. The van der Waals surface area contributed by atoms with E-state index in [9.17, 15) is 19.6 Å². The molecule has 6 atom stereocenters. The number of alkyl halides is 2. The molecule has 3 amide bonds. The molecule has 5 fully saturated rings. The standard InChI is InChI=1S/C28H34ClF2N5O3/c29-18-4-1-5-19(13-18)34-23(11-16-6-7-16)27(39)36-21-8-9-22(28(30,31)14-21)24(36)26(38)35-20(15-32)12-17-3-2-10-33-25(17)37/h1,4-5,13,16-17,20-24,34H,2-3,6-12,14H2,(H,33,37)(H,35,38)/t17-,20+,21+,22+,23-,24+/m0/s1. The molecule has 0 unspecified atom stereocenters. The average Bonchev–Trinajstić information content (AvgIpc) is 3.72. The van der Waals surface area contributed by atoms with Gasteiger partial charge >= 0.3 is 0 Å². The Morgan fingerprint density at radius 1 is 1.21 bits per heavy atom. The van der Waals surface area contributed by atoms with Gasteiger partial charge < -0.3 is 20.9 Å². The van der Waals surface area contributed by atoms with E-state index in [1.807, 2.05) is 6.07 Å². The Kier molecular flexibility index (Phi) is 7.99. The van der Waals surface area contributed by atoms with Crippen molar-refractivity contribution in [3.63, 3.8) is 0 Å². The van der Waals surface area contributed by atoms with Crippen LogP contribution in [-0.4, -0.2) is 59.3 Å². The fraction of sp³-hybridized carbons (Fsp3) is 0.643. The molecule has 8 nitrogen and oxygen atoms in total. The first-order chi connectivity index (χ1) is 18.7. The third kappa shape index (κ3) is 6.13. The molecular formula is C28H34ClF2N5O3. The molecule has 5 aliphatic rings. The van der Waals surface area contributed by atoms with Gasteiger partial charge in [-0.3, -0.25) is 14.4 Å². The first kappa shape index (κ1) is 27.6. The Labute approximate surface area is 231 Å². The number of benzene rings is 1. The molecule has 3 N–H and O–H groups in total. The predicted octanol–water partition coefficient (Wildman–Crippen LogP) is 3.86. The van der Waals surface area contributed by atoms with Gasteiger partial charge in [0.25, 0.3) is 5.92 Å². The van der Waals surface area contributed by atoms with E-state index in [2.05, 4.69) is 16.0 Å². The summed E-state index contributed by atoms with van der Waals surface area (Å²) in [4.78, 5) is 41.3. The van der Waals surface area contributed by atoms with E-state index < -0.39 is 54.3 Å². The van der Waals surface area contributed by atoms with Crippen molar-refractivity contribution in [3.05, 3.63) is 29.3 Å². The normalized spacial score (nSPS) is 29.1. The minimum Gasteiger partial charge on any atom is -0.374 e. The van der Waals surface area contributed by atoms with Gasteiger partial charge in [-0.15, -0.1) is 0 Å². The summed E-state index contributed by atoms with van der Waals surface area (Å²) in [5.74, 6) is -5.83. The van der Waals surface area contributed by atoms with Crippen molar-refractivity contribution < 1.29 is 23.2 Å². The average molecular weight is 562 g/mol. The summed E-state index contributed by atoms with van der Waals surface area (Å²) in [6.45, 7) is 0.571. The first-order valence-corrected chi connectivity index (χ1v) is 14.2. The molecule has 2 aliphatic carbocycles. The number of rotatable bonds is 9. The van der Waals surface area contributed by atoms with Crippen LogP contribution in [0.4, 0.5) is 14.5 Å². The van der Waals surface area contributed by atoms with Crippen LogP contribution in [-0.2, 0) is 14.4 Å². The van der Waals surface area contributed by atoms with Gasteiger partial charge in [0.05, 0.1) is 12.0 Å². The van der Waals surface area contributed by atoms with Crippen molar-refractivity contribution in [1.82, 2.24) is 15.5 Å². The lowest BCUT2D eigenvalue weighted by atomic mass is 9.71. The third-order valence-electron chi connectivity index (χ3n) is 8.58. The van der Waals surface area contributed by atoms with Crippen molar-refractivity contribution in [2.24, 2.45) is 17.8 Å². The van der Waals surface area contributed by atoms with Gasteiger partial charge in [0.1, 0.15) is 18.1 Å². The minimum atomic E-state index is -3.10. The quantitative estimate of drug-likeness (QED) is 0.424. The van der Waals surface area contributed by atoms with Crippen molar-refractivity contribution in [3.8, 4) is 6.07 Å². The second kappa shape index (κ2) is 11.3. The number of hydrogen-bond donors (Lipinski definition) is 3. The highest BCUT2D eigenvalue weighted by molar-refractivity contribution is 6.30. The largest absolute Gasteiger partial charge is 0.374 e. The van der Waals surface area contributed by atoms with E-state index >= 15 is 8.78 Å². The fourth-order valence-electron chi connectivity index (χ4n) is 6.44. The van der Waals surface area contributed by atoms with Crippen molar-refractivity contribution in [1.29, 1.82) is 5.26 Å². The van der Waals surface area contributed by atoms with Crippen LogP contribution < -0.4 is 16.0 Å². The van der Waals surface area contributed by atoms with E-state index in [4.69, 9.17) is 11.6 Å². The lowest BCUT2D eigenvalue weighted by molar-refractivity contribution is -0.194. The van der Waals surface area contributed by atoms with Crippen molar-refractivity contribution in [2.75, 3.05) is 11.9 Å². The number of fused-ring (bicyclic) bond motifs is 3. The summed E-state index contributed by atoms with van der Waals surface area (Å²) < 4.78 is 30.3. The van der Waals surface area contributed by atoms with Crippen LogP contribution in [0.1, 0.15) is 57.8 Å². The molecule has 6 rings (SSSR count). The van der Waals surface area contributed by atoms with Gasteiger partial charge in [-0.1, -0.05) is 30.5 Å². The SMILES string of the molecule is N#C[C@@H](C[C@@H]1CCCNC1=O)NC(=O)[C@H]1[C@H]2CC[C@H](CC2(F)F)N1C(=O)[C@H](CC1CC1)Nc1cccc(Cl)c1. The predicted molar refractivity (Wildman–Crippen MR) is 141 cm³/mol. The molecule has 3 saturated heterocycles. The molecule has 0 spiro atoms. The molecule has 210 valence electrons. The molecule has 2 saturated carbocycles. The van der Waals surface area contributed by atoms with Crippen molar-refractivity contribution >= 4 is 35.0 Å². The minimum absolute atomic E-state index is 0.0971. The third-order valence-corrected chi connectivity index (χ3v) is 8.82. The zero-order chi connectivity index (χ0) is 27.7. The Bertz CT molecular complexity index is 1160. The molecule has 3 aliphatic heterocycles. The van der Waals surface area contributed by atoms with Gasteiger partial charge in [-0.2, -0.15) is 5.26 Å². The summed E-state index contributed by atoms with van der Waals surface area (Å²) in [6.07, 6.45) is 4.01. The van der Waals surface area contributed by atoms with E-state index in [1.54, 1.807) is 24.3 Å². The maximum absolute atomic E-state index is 15.1. The topological polar surface area (TPSA) is 114 Å². The molecular weight excluding hydrogens is 528 g/mol. The van der Waals surface area contributed by atoms with Gasteiger partial charge in [0, 0.05) is 35.6 Å². The maximum Gasteiger partial charge on any atom is 0.255 e. The fourth-order valence-corrected chi connectivity index (χ4v) is 6.63. The summed E-state index contributed by atoms with van der Waals surface area (Å²) in [5, 5.41) is 18.9. The van der Waals surface area contributed by atoms with Crippen LogP contribution in [0, 0.1) is 29.1 Å². The summed E-state index contributed by atoms with van der Waals surface area (Å²) in [7, 11) is 0. The molecule has 0 aromatic heterocycles. The number of carbonyl (C=O) groups is 3. The molecule has 1 aromatic carbocycles. The van der Waals surface area contributed by atoms with Gasteiger partial charge in [-0.05, 0) is 62.6 Å². The van der Waals surface area contributed by atoms with E-state index in [0.29, 0.717) is 42.4 Å². The highest BCUT2D eigenvalue weighted by Gasteiger charge is 2.61. The Balaban J connectivity index is 1.38. The zero-order valence-corrected chi connectivity index (χ0v) is 22.4. The Hall–Kier alpha value is -2.93. The first-order valence-electron chi connectivity index (χ1n) is 13.9. The summed E-state index contributed by atoms with van der Waals surface area (Å²) >= 11 is 6.14. The second-order valence-electron chi connectivity index (χ2n) is 11.4. The van der Waals surface area contributed by atoms with Crippen LogP contribution in [0.15, 0.2) is 24.3 Å². The number of carbonyl (C=O) groups excluding carboxylic acids is 3. The highest BCUT2D eigenvalue weighted by atomic mass is 35.5. The second-order valence-corrected chi connectivity index (χ2v) is 11.9. The van der Waals surface area contributed by atoms with Crippen LogP contribution in [0.3, 0.4) is 0 Å². The van der Waals surface area contributed by atoms with Crippen molar-refractivity contribution in [2.45, 2.75) is 87.9 Å². The molecule has 1 aromatic rings. The number of anilines is 1. The molecule has 3 heterocycles. The number of hydrogen-bond acceptors (Lipinski definition) is 5. The zero-order valence-electron chi connectivity index (χ0n) is 21.7. The number of amides is 3. The van der Waals surface area contributed by atoms with Gasteiger partial charge in [0.2, 0.25) is 17.7 Å². The van der Waals surface area contributed by atoms with Crippen LogP contribution >= 0.6 is 11.6 Å². The number of halogens is 3. The summed E-state index contributed by atoms with van der Waals surface area (Å²) in [5.41, 5.74) is 0.644. The molecule has 0 radical (unpaired) electrons. The molecule has 11 heteroatoms. The Morgan fingerprint density at radius 2 is 2.00 bits per heavy atom. The monoisotopic (exact) mass is 561 g/mol. The molecule has 2 bridgehead atoms. The van der Waals surface area contributed by atoms with Crippen LogP contribution in [0.5, 0.6) is 0 Å². The number of nitrogens with one attached hydrogen (secondary N) is 3. The Morgan fingerprint density at radius 3 is 2.67 bits per heavy atom. The lowest BCUT2D eigenvalue weighted by Gasteiger charge is -2.54. The highest BCUT2D eigenvalue weighted by Crippen LogP contribution is 2.49. The number of nitrogens with zero attached hydrogens (tertiary/aromatic N) is 2. The van der Waals surface area contributed by atoms with E-state index in [-0.39, 0.29) is 24.7 Å². The number of piperidine rings is 3. The van der Waals surface area contributed by atoms with Gasteiger partial charge in [-0.25, -0.2) is 8.78 Å². The summed E-state index contributed by atoms with van der Waals surface area (Å²) in [6, 6.07) is 5.10. The lowest BCUT2D eigenvalue weighted by Crippen LogP contribution is -2.70. The smallest absolute Gasteiger partial charge is 0.255 e. The van der Waals surface area contributed by atoms with E-state index in [0.717, 1.165) is 19.3 Å².